The number of aliphatic hydroxyl groups is 1. The molecular formula is C23H32N2O6. The van der Waals surface area contributed by atoms with Gasteiger partial charge in [-0.05, 0) is 57.2 Å². The molecule has 0 aliphatic rings. The Balaban J connectivity index is 1.98. The molecule has 2 aromatic carbocycles. The predicted molar refractivity (Wildman–Crippen MR) is 120 cm³/mol. The minimum atomic E-state index is -0.626. The van der Waals surface area contributed by atoms with Crippen molar-refractivity contribution in [2.75, 3.05) is 39.8 Å². The molecule has 0 radical (unpaired) electrons. The van der Waals surface area contributed by atoms with E-state index in [-0.39, 0.29) is 18.1 Å². The second-order valence-electron chi connectivity index (χ2n) is 7.99. The lowest BCUT2D eigenvalue weighted by molar-refractivity contribution is 0.100. The van der Waals surface area contributed by atoms with Gasteiger partial charge in [-0.3, -0.25) is 4.79 Å². The lowest BCUT2D eigenvalue weighted by Crippen LogP contribution is -2.42. The van der Waals surface area contributed by atoms with Gasteiger partial charge in [-0.15, -0.1) is 0 Å². The zero-order valence-corrected chi connectivity index (χ0v) is 18.9. The van der Waals surface area contributed by atoms with Crippen molar-refractivity contribution in [3.05, 3.63) is 42.0 Å². The van der Waals surface area contributed by atoms with Gasteiger partial charge in [0, 0.05) is 23.3 Å². The molecule has 0 fully saturated rings. The van der Waals surface area contributed by atoms with E-state index in [0.717, 1.165) is 0 Å². The van der Waals surface area contributed by atoms with E-state index in [4.69, 9.17) is 18.9 Å². The fraction of sp³-hybridized carbons (Fsp3) is 0.435. The molecule has 8 heteroatoms. The highest BCUT2D eigenvalue weighted by molar-refractivity contribution is 6.05. The van der Waals surface area contributed by atoms with Gasteiger partial charge >= 0.3 is 0 Å². The summed E-state index contributed by atoms with van der Waals surface area (Å²) >= 11 is 0. The Morgan fingerprint density at radius 2 is 1.58 bits per heavy atom. The van der Waals surface area contributed by atoms with E-state index in [9.17, 15) is 9.90 Å². The van der Waals surface area contributed by atoms with Crippen LogP contribution in [0.3, 0.4) is 0 Å². The van der Waals surface area contributed by atoms with Crippen LogP contribution in [0.25, 0.3) is 0 Å². The molecular weight excluding hydrogens is 400 g/mol. The number of aliphatic hydroxyl groups excluding tert-OH is 1. The van der Waals surface area contributed by atoms with Crippen molar-refractivity contribution in [2.24, 2.45) is 0 Å². The number of anilines is 1. The van der Waals surface area contributed by atoms with Gasteiger partial charge in [-0.1, -0.05) is 0 Å². The summed E-state index contributed by atoms with van der Waals surface area (Å²) in [6, 6.07) is 10.1. The van der Waals surface area contributed by atoms with E-state index in [0.29, 0.717) is 40.8 Å². The first-order chi connectivity index (χ1) is 14.7. The molecule has 0 bridgehead atoms. The van der Waals surface area contributed by atoms with Crippen molar-refractivity contribution >= 4 is 11.6 Å². The molecule has 0 aliphatic heterocycles. The number of nitrogens with one attached hydrogen (secondary N) is 2. The minimum Gasteiger partial charge on any atom is -0.493 e. The molecule has 1 amide bonds. The molecule has 2 aromatic rings. The van der Waals surface area contributed by atoms with Crippen molar-refractivity contribution in [1.82, 2.24) is 5.32 Å². The van der Waals surface area contributed by atoms with Crippen molar-refractivity contribution in [3.63, 3.8) is 0 Å². The van der Waals surface area contributed by atoms with Crippen LogP contribution in [0.5, 0.6) is 23.0 Å². The molecule has 3 N–H and O–H groups in total. The summed E-state index contributed by atoms with van der Waals surface area (Å²) in [6.45, 7) is 6.70. The number of hydrogen-bond acceptors (Lipinski definition) is 7. The second-order valence-corrected chi connectivity index (χ2v) is 7.99. The molecule has 0 aromatic heterocycles. The van der Waals surface area contributed by atoms with Crippen LogP contribution < -0.4 is 29.6 Å². The quantitative estimate of drug-likeness (QED) is 0.531. The highest BCUT2D eigenvalue weighted by Crippen LogP contribution is 2.38. The monoisotopic (exact) mass is 432 g/mol. The second kappa shape index (κ2) is 10.9. The van der Waals surface area contributed by atoms with E-state index in [1.807, 2.05) is 20.8 Å². The van der Waals surface area contributed by atoms with Crippen LogP contribution in [0.4, 0.5) is 5.69 Å². The van der Waals surface area contributed by atoms with Gasteiger partial charge in [-0.2, -0.15) is 0 Å². The summed E-state index contributed by atoms with van der Waals surface area (Å²) < 4.78 is 21.5. The van der Waals surface area contributed by atoms with E-state index in [2.05, 4.69) is 10.6 Å². The number of β-amino-alcohol motifs (C(OH)–C–C–N with tert-alkyl or cyclic N) is 1. The number of carbonyl (C=O) groups is 1. The van der Waals surface area contributed by atoms with Crippen LogP contribution in [-0.4, -0.2) is 57.1 Å². The summed E-state index contributed by atoms with van der Waals surface area (Å²) in [6.07, 6.45) is -0.626. The van der Waals surface area contributed by atoms with Gasteiger partial charge in [0.15, 0.2) is 11.5 Å². The summed E-state index contributed by atoms with van der Waals surface area (Å²) in [5, 5.41) is 16.1. The van der Waals surface area contributed by atoms with Crippen molar-refractivity contribution < 1.29 is 28.8 Å². The Morgan fingerprint density at radius 3 is 2.06 bits per heavy atom. The zero-order valence-electron chi connectivity index (χ0n) is 18.9. The highest BCUT2D eigenvalue weighted by Gasteiger charge is 2.17. The van der Waals surface area contributed by atoms with Gasteiger partial charge in [0.25, 0.3) is 5.91 Å². The third-order valence-electron chi connectivity index (χ3n) is 4.35. The first kappa shape index (κ1) is 24.3. The lowest BCUT2D eigenvalue weighted by atomic mass is 10.1. The van der Waals surface area contributed by atoms with Gasteiger partial charge in [0.2, 0.25) is 5.75 Å². The number of hydrogen-bond donors (Lipinski definition) is 3. The van der Waals surface area contributed by atoms with Crippen LogP contribution in [0.1, 0.15) is 31.1 Å². The summed E-state index contributed by atoms with van der Waals surface area (Å²) in [5.74, 6) is 1.49. The standard InChI is InChI=1S/C23H32N2O6/c1-23(2,3)24-13-17(26)14-31-18-9-7-16(8-10-18)25-22(27)15-11-19(28-4)21(30-6)20(12-15)29-5/h7-12,17,24,26H,13-14H2,1-6H3,(H,25,27). The fourth-order valence-corrected chi connectivity index (χ4v) is 2.73. The van der Waals surface area contributed by atoms with E-state index in [1.54, 1.807) is 36.4 Å². The molecule has 0 spiro atoms. The summed E-state index contributed by atoms with van der Waals surface area (Å²) in [5.41, 5.74) is 0.893. The largest absolute Gasteiger partial charge is 0.493 e. The van der Waals surface area contributed by atoms with E-state index in [1.165, 1.54) is 21.3 Å². The van der Waals surface area contributed by atoms with Gasteiger partial charge in [-0.25, -0.2) is 0 Å². The average Bonchev–Trinajstić information content (AvgIpc) is 2.75. The number of amides is 1. The topological polar surface area (TPSA) is 98.3 Å². The maximum Gasteiger partial charge on any atom is 0.255 e. The van der Waals surface area contributed by atoms with Crippen LogP contribution >= 0.6 is 0 Å². The van der Waals surface area contributed by atoms with Crippen LogP contribution in [0, 0.1) is 0 Å². The third kappa shape index (κ3) is 7.34. The third-order valence-corrected chi connectivity index (χ3v) is 4.35. The fourth-order valence-electron chi connectivity index (χ4n) is 2.73. The van der Waals surface area contributed by atoms with Gasteiger partial charge in [0.1, 0.15) is 18.5 Å². The van der Waals surface area contributed by atoms with E-state index < -0.39 is 6.10 Å². The molecule has 170 valence electrons. The molecule has 0 saturated carbocycles. The maximum atomic E-state index is 12.7. The molecule has 1 atom stereocenters. The normalized spacial score (nSPS) is 12.1. The molecule has 0 saturated heterocycles. The Bertz CT molecular complexity index is 836. The number of methoxy groups -OCH3 is 3. The molecule has 8 nitrogen and oxygen atoms in total. The number of ether oxygens (including phenoxy) is 4. The summed E-state index contributed by atoms with van der Waals surface area (Å²) in [4.78, 5) is 12.7. The van der Waals surface area contributed by atoms with Crippen molar-refractivity contribution in [3.8, 4) is 23.0 Å². The van der Waals surface area contributed by atoms with Gasteiger partial charge < -0.3 is 34.7 Å². The van der Waals surface area contributed by atoms with Crippen LogP contribution in [0.2, 0.25) is 0 Å². The zero-order chi connectivity index (χ0) is 23.0. The Morgan fingerprint density at radius 1 is 1.00 bits per heavy atom. The smallest absolute Gasteiger partial charge is 0.255 e. The first-order valence-corrected chi connectivity index (χ1v) is 9.94. The first-order valence-electron chi connectivity index (χ1n) is 9.94. The molecule has 31 heavy (non-hydrogen) atoms. The minimum absolute atomic E-state index is 0.0707. The van der Waals surface area contributed by atoms with Crippen LogP contribution in [-0.2, 0) is 0 Å². The number of rotatable bonds is 10. The number of carbonyl (C=O) groups excluding carboxylic acids is 1. The Labute approximate surface area is 183 Å². The molecule has 0 aliphatic carbocycles. The molecule has 0 heterocycles. The average molecular weight is 433 g/mol. The van der Waals surface area contributed by atoms with Gasteiger partial charge in [0.05, 0.1) is 21.3 Å². The molecule has 2 rings (SSSR count). The maximum absolute atomic E-state index is 12.7. The summed E-state index contributed by atoms with van der Waals surface area (Å²) in [7, 11) is 4.49. The molecule has 1 unspecified atom stereocenters. The predicted octanol–water partition coefficient (Wildman–Crippen LogP) is 3.09. The van der Waals surface area contributed by atoms with E-state index >= 15 is 0 Å². The van der Waals surface area contributed by atoms with Crippen LogP contribution in [0.15, 0.2) is 36.4 Å². The Hall–Kier alpha value is -2.97. The van der Waals surface area contributed by atoms with Crippen molar-refractivity contribution in [2.45, 2.75) is 32.4 Å². The Kier molecular flexibility index (Phi) is 8.53. The highest BCUT2D eigenvalue weighted by atomic mass is 16.5. The SMILES string of the molecule is COc1cc(C(=O)Nc2ccc(OCC(O)CNC(C)(C)C)cc2)cc(OC)c1OC. The number of benzene rings is 2. The van der Waals surface area contributed by atoms with Crippen molar-refractivity contribution in [1.29, 1.82) is 0 Å². The lowest BCUT2D eigenvalue weighted by Gasteiger charge is -2.23.